The maximum Gasteiger partial charge on any atom is 0.180 e. The van der Waals surface area contributed by atoms with Crippen LogP contribution in [0.5, 0.6) is 0 Å². The van der Waals surface area contributed by atoms with Crippen LogP contribution >= 0.6 is 0 Å². The number of hydrogen-bond acceptors (Lipinski definition) is 5. The van der Waals surface area contributed by atoms with Gasteiger partial charge in [0.15, 0.2) is 5.82 Å². The van der Waals surface area contributed by atoms with E-state index in [0.717, 1.165) is 22.5 Å². The molecule has 0 amide bonds. The molecule has 0 aliphatic heterocycles. The van der Waals surface area contributed by atoms with E-state index in [1.165, 1.54) is 0 Å². The SMILES string of the molecule is Cc1ccc(-c2nc(C)c(C)c(NN)n2)nc1. The normalized spacial score (nSPS) is 10.4. The molecule has 0 unspecified atom stereocenters. The van der Waals surface area contributed by atoms with E-state index in [4.69, 9.17) is 5.84 Å². The summed E-state index contributed by atoms with van der Waals surface area (Å²) in [5, 5.41) is 0. The fourth-order valence-corrected chi connectivity index (χ4v) is 1.48. The minimum atomic E-state index is 0.584. The molecule has 5 nitrogen and oxygen atoms in total. The minimum absolute atomic E-state index is 0.584. The number of aromatic nitrogens is 3. The minimum Gasteiger partial charge on any atom is -0.308 e. The molecule has 88 valence electrons. The molecular formula is C12H15N5. The van der Waals surface area contributed by atoms with Gasteiger partial charge in [0.1, 0.15) is 11.5 Å². The van der Waals surface area contributed by atoms with E-state index in [-0.39, 0.29) is 0 Å². The van der Waals surface area contributed by atoms with Crippen molar-refractivity contribution in [3.63, 3.8) is 0 Å². The number of aryl methyl sites for hydroxylation is 2. The molecule has 3 N–H and O–H groups in total. The molecule has 0 bridgehead atoms. The van der Waals surface area contributed by atoms with E-state index in [1.807, 2.05) is 32.9 Å². The number of hydrogen-bond donors (Lipinski definition) is 2. The van der Waals surface area contributed by atoms with E-state index in [0.29, 0.717) is 11.6 Å². The number of rotatable bonds is 2. The second kappa shape index (κ2) is 4.47. The van der Waals surface area contributed by atoms with Crippen molar-refractivity contribution in [1.82, 2.24) is 15.0 Å². The lowest BCUT2D eigenvalue weighted by molar-refractivity contribution is 1.04. The summed E-state index contributed by atoms with van der Waals surface area (Å²) in [6.07, 6.45) is 1.80. The highest BCUT2D eigenvalue weighted by molar-refractivity contribution is 5.55. The molecule has 0 aliphatic carbocycles. The number of nitrogen functional groups attached to an aromatic ring is 1. The van der Waals surface area contributed by atoms with Gasteiger partial charge in [0.25, 0.3) is 0 Å². The number of nitrogens with two attached hydrogens (primary N) is 1. The van der Waals surface area contributed by atoms with E-state index < -0.39 is 0 Å². The van der Waals surface area contributed by atoms with E-state index >= 15 is 0 Å². The van der Waals surface area contributed by atoms with Gasteiger partial charge in [0.2, 0.25) is 0 Å². The van der Waals surface area contributed by atoms with Crippen LogP contribution in [0.2, 0.25) is 0 Å². The van der Waals surface area contributed by atoms with Gasteiger partial charge >= 0.3 is 0 Å². The first-order chi connectivity index (χ1) is 8.11. The maximum absolute atomic E-state index is 5.43. The lowest BCUT2D eigenvalue weighted by atomic mass is 10.2. The van der Waals surface area contributed by atoms with Gasteiger partial charge in [-0.1, -0.05) is 6.07 Å². The second-order valence-electron chi connectivity index (χ2n) is 3.97. The Morgan fingerprint density at radius 1 is 1.12 bits per heavy atom. The van der Waals surface area contributed by atoms with Crippen molar-refractivity contribution < 1.29 is 0 Å². The molecule has 17 heavy (non-hydrogen) atoms. The average molecular weight is 229 g/mol. The number of nitrogens with zero attached hydrogens (tertiary/aromatic N) is 3. The Kier molecular flexibility index (Phi) is 3.01. The highest BCUT2D eigenvalue weighted by atomic mass is 15.3. The Balaban J connectivity index is 2.52. The fourth-order valence-electron chi connectivity index (χ4n) is 1.48. The highest BCUT2D eigenvalue weighted by Crippen LogP contribution is 2.19. The summed E-state index contributed by atoms with van der Waals surface area (Å²) in [4.78, 5) is 13.1. The van der Waals surface area contributed by atoms with Crippen molar-refractivity contribution in [3.8, 4) is 11.5 Å². The number of hydrazine groups is 1. The van der Waals surface area contributed by atoms with E-state index in [9.17, 15) is 0 Å². The van der Waals surface area contributed by atoms with Gasteiger partial charge < -0.3 is 5.43 Å². The van der Waals surface area contributed by atoms with Crippen LogP contribution in [0.25, 0.3) is 11.5 Å². The summed E-state index contributed by atoms with van der Waals surface area (Å²) in [6.45, 7) is 5.84. The summed E-state index contributed by atoms with van der Waals surface area (Å²) < 4.78 is 0. The third-order valence-corrected chi connectivity index (χ3v) is 2.67. The lowest BCUT2D eigenvalue weighted by Gasteiger charge is -2.09. The van der Waals surface area contributed by atoms with Crippen LogP contribution in [0.15, 0.2) is 18.3 Å². The van der Waals surface area contributed by atoms with Crippen LogP contribution < -0.4 is 11.3 Å². The van der Waals surface area contributed by atoms with Crippen LogP contribution in [-0.4, -0.2) is 15.0 Å². The van der Waals surface area contributed by atoms with Gasteiger partial charge in [-0.15, -0.1) is 0 Å². The number of pyridine rings is 1. The predicted octanol–water partition coefficient (Wildman–Crippen LogP) is 1.75. The Morgan fingerprint density at radius 3 is 2.47 bits per heavy atom. The first-order valence-corrected chi connectivity index (χ1v) is 5.36. The lowest BCUT2D eigenvalue weighted by Crippen LogP contribution is -2.12. The van der Waals surface area contributed by atoms with Crippen LogP contribution in [0.3, 0.4) is 0 Å². The number of anilines is 1. The Labute approximate surface area is 100 Å². The molecule has 0 aliphatic rings. The Hall–Kier alpha value is -2.01. The van der Waals surface area contributed by atoms with Crippen molar-refractivity contribution in [2.24, 2.45) is 5.84 Å². The fraction of sp³-hybridized carbons (Fsp3) is 0.250. The molecule has 0 atom stereocenters. The average Bonchev–Trinajstić information content (AvgIpc) is 2.33. The zero-order valence-corrected chi connectivity index (χ0v) is 10.2. The summed E-state index contributed by atoms with van der Waals surface area (Å²) in [5.41, 5.74) is 6.27. The van der Waals surface area contributed by atoms with Crippen LogP contribution in [0.4, 0.5) is 5.82 Å². The summed E-state index contributed by atoms with van der Waals surface area (Å²) in [5.74, 6) is 6.65. The summed E-state index contributed by atoms with van der Waals surface area (Å²) in [7, 11) is 0. The smallest absolute Gasteiger partial charge is 0.180 e. The van der Waals surface area contributed by atoms with Gasteiger partial charge in [-0.3, -0.25) is 4.98 Å². The molecule has 0 radical (unpaired) electrons. The van der Waals surface area contributed by atoms with Crippen molar-refractivity contribution in [2.45, 2.75) is 20.8 Å². The van der Waals surface area contributed by atoms with Gasteiger partial charge in [-0.2, -0.15) is 0 Å². The second-order valence-corrected chi connectivity index (χ2v) is 3.97. The third-order valence-electron chi connectivity index (χ3n) is 2.67. The van der Waals surface area contributed by atoms with Crippen molar-refractivity contribution in [1.29, 1.82) is 0 Å². The van der Waals surface area contributed by atoms with Gasteiger partial charge in [-0.05, 0) is 32.4 Å². The molecule has 2 aromatic heterocycles. The third kappa shape index (κ3) is 2.24. The van der Waals surface area contributed by atoms with Gasteiger partial charge in [-0.25, -0.2) is 15.8 Å². The number of nitrogens with one attached hydrogen (secondary N) is 1. The molecule has 0 aromatic carbocycles. The predicted molar refractivity (Wildman–Crippen MR) is 67.3 cm³/mol. The van der Waals surface area contributed by atoms with Crippen molar-refractivity contribution in [3.05, 3.63) is 35.2 Å². The largest absolute Gasteiger partial charge is 0.308 e. The van der Waals surface area contributed by atoms with Gasteiger partial charge in [0, 0.05) is 17.5 Å². The summed E-state index contributed by atoms with van der Waals surface area (Å²) >= 11 is 0. The molecule has 5 heteroatoms. The van der Waals surface area contributed by atoms with E-state index in [2.05, 4.69) is 20.4 Å². The highest BCUT2D eigenvalue weighted by Gasteiger charge is 2.09. The molecule has 0 spiro atoms. The summed E-state index contributed by atoms with van der Waals surface area (Å²) in [6, 6.07) is 3.89. The monoisotopic (exact) mass is 229 g/mol. The first-order valence-electron chi connectivity index (χ1n) is 5.36. The van der Waals surface area contributed by atoms with Crippen molar-refractivity contribution >= 4 is 5.82 Å². The first kappa shape index (κ1) is 11.5. The van der Waals surface area contributed by atoms with Crippen LogP contribution in [0, 0.1) is 20.8 Å². The molecular weight excluding hydrogens is 214 g/mol. The van der Waals surface area contributed by atoms with Crippen molar-refractivity contribution in [2.75, 3.05) is 5.43 Å². The Morgan fingerprint density at radius 2 is 1.88 bits per heavy atom. The molecule has 0 saturated heterocycles. The Bertz CT molecular complexity index is 533. The van der Waals surface area contributed by atoms with Crippen LogP contribution in [0.1, 0.15) is 16.8 Å². The topological polar surface area (TPSA) is 76.7 Å². The zero-order chi connectivity index (χ0) is 12.4. The zero-order valence-electron chi connectivity index (χ0n) is 10.2. The standard InChI is InChI=1S/C12H15N5/c1-7-4-5-10(14-6-7)12-15-9(3)8(2)11(16-12)17-13/h4-6H,13H2,1-3H3,(H,15,16,17). The quantitative estimate of drug-likeness (QED) is 0.606. The molecule has 0 saturated carbocycles. The van der Waals surface area contributed by atoms with E-state index in [1.54, 1.807) is 6.20 Å². The molecule has 0 fully saturated rings. The maximum atomic E-state index is 5.43. The molecule has 2 heterocycles. The molecule has 2 rings (SSSR count). The molecule has 2 aromatic rings. The van der Waals surface area contributed by atoms with Crippen LogP contribution in [-0.2, 0) is 0 Å². The van der Waals surface area contributed by atoms with Gasteiger partial charge in [0.05, 0.1) is 0 Å².